The van der Waals surface area contributed by atoms with E-state index in [1.54, 1.807) is 37.5 Å². The molecule has 190 valence electrons. The third-order valence-corrected chi connectivity index (χ3v) is 6.90. The predicted octanol–water partition coefficient (Wildman–Crippen LogP) is 3.07. The minimum absolute atomic E-state index is 0.0655. The van der Waals surface area contributed by atoms with Crippen molar-refractivity contribution >= 4 is 17.5 Å². The largest absolute Gasteiger partial charge is 0.435 e. The summed E-state index contributed by atoms with van der Waals surface area (Å²) in [6, 6.07) is 10.4. The molecule has 6 rings (SSSR count). The molecule has 2 N–H and O–H groups in total. The molecule has 4 aromatic rings. The number of imidazole rings is 1. The first-order valence-corrected chi connectivity index (χ1v) is 11.9. The molecule has 4 heterocycles. The van der Waals surface area contributed by atoms with E-state index >= 15 is 0 Å². The standard InChI is InChI=1S/C26H24F2N6O3/c1-26(36)10-18(17-4-2-3-5-19(17)37-24(27)28)22-23(26)32-20-7-6-15(13-34(20)22)16-11-30-25(31-12-16)33-9-8-29-21(35)14-33/h2-7,11-13,18,24,36H,8-10,14H2,1H3,(H,29,35)/t18-,26-/m1/s1. The van der Waals surface area contributed by atoms with Crippen molar-refractivity contribution in [2.24, 2.45) is 0 Å². The second-order valence-corrected chi connectivity index (χ2v) is 9.48. The number of aliphatic hydroxyl groups is 1. The molecule has 1 fully saturated rings. The number of anilines is 1. The monoisotopic (exact) mass is 506 g/mol. The molecule has 0 spiro atoms. The van der Waals surface area contributed by atoms with E-state index in [1.807, 2.05) is 27.6 Å². The van der Waals surface area contributed by atoms with Crippen LogP contribution in [0.15, 0.2) is 55.0 Å². The minimum Gasteiger partial charge on any atom is -0.435 e. The second kappa shape index (κ2) is 8.77. The first-order chi connectivity index (χ1) is 17.8. The zero-order valence-corrected chi connectivity index (χ0v) is 19.9. The molecule has 2 atom stereocenters. The molecule has 2 aliphatic rings. The number of amides is 1. The fraction of sp³-hybridized carbons (Fsp3) is 0.308. The Bertz CT molecular complexity index is 1490. The van der Waals surface area contributed by atoms with Gasteiger partial charge in [-0.25, -0.2) is 15.0 Å². The van der Waals surface area contributed by atoms with Crippen LogP contribution in [0.4, 0.5) is 14.7 Å². The fourth-order valence-electron chi connectivity index (χ4n) is 5.23. The number of nitrogens with zero attached hydrogens (tertiary/aromatic N) is 5. The van der Waals surface area contributed by atoms with Gasteiger partial charge in [-0.15, -0.1) is 0 Å². The van der Waals surface area contributed by atoms with Gasteiger partial charge >= 0.3 is 6.61 Å². The highest BCUT2D eigenvalue weighted by atomic mass is 19.3. The lowest BCUT2D eigenvalue weighted by molar-refractivity contribution is -0.120. The Morgan fingerprint density at radius 2 is 1.95 bits per heavy atom. The summed E-state index contributed by atoms with van der Waals surface area (Å²) >= 11 is 0. The summed E-state index contributed by atoms with van der Waals surface area (Å²) in [7, 11) is 0. The highest BCUT2D eigenvalue weighted by molar-refractivity contribution is 5.82. The molecule has 1 aliphatic heterocycles. The number of alkyl halides is 2. The highest BCUT2D eigenvalue weighted by Gasteiger charge is 2.44. The Hall–Kier alpha value is -4.12. The van der Waals surface area contributed by atoms with Crippen LogP contribution in [-0.2, 0) is 10.4 Å². The summed E-state index contributed by atoms with van der Waals surface area (Å²) in [5.41, 5.74) is 2.77. The summed E-state index contributed by atoms with van der Waals surface area (Å²) in [6.45, 7) is 0.117. The molecule has 1 saturated heterocycles. The van der Waals surface area contributed by atoms with Crippen molar-refractivity contribution in [2.45, 2.75) is 31.5 Å². The normalized spacial score (nSPS) is 21.4. The Kier molecular flexibility index (Phi) is 5.52. The fourth-order valence-corrected chi connectivity index (χ4v) is 5.23. The van der Waals surface area contributed by atoms with Gasteiger partial charge in [-0.2, -0.15) is 8.78 Å². The van der Waals surface area contributed by atoms with Crippen molar-refractivity contribution in [3.05, 3.63) is 71.9 Å². The number of piperazine rings is 1. The zero-order valence-electron chi connectivity index (χ0n) is 19.9. The van der Waals surface area contributed by atoms with Gasteiger partial charge < -0.3 is 24.5 Å². The number of rotatable bonds is 5. The van der Waals surface area contributed by atoms with Gasteiger partial charge in [0.2, 0.25) is 11.9 Å². The third kappa shape index (κ3) is 4.14. The van der Waals surface area contributed by atoms with Crippen molar-refractivity contribution in [3.8, 4) is 16.9 Å². The van der Waals surface area contributed by atoms with E-state index < -0.39 is 18.1 Å². The van der Waals surface area contributed by atoms with E-state index in [0.29, 0.717) is 35.9 Å². The number of nitrogens with one attached hydrogen (secondary N) is 1. The summed E-state index contributed by atoms with van der Waals surface area (Å²) in [5, 5.41) is 14.0. The van der Waals surface area contributed by atoms with E-state index in [9.17, 15) is 18.7 Å². The Balaban J connectivity index is 1.40. The molecule has 9 nitrogen and oxygen atoms in total. The molecular weight excluding hydrogens is 482 g/mol. The second-order valence-electron chi connectivity index (χ2n) is 9.48. The van der Waals surface area contributed by atoms with Crippen LogP contribution >= 0.6 is 0 Å². The van der Waals surface area contributed by atoms with Crippen LogP contribution in [0.3, 0.4) is 0 Å². The maximum Gasteiger partial charge on any atom is 0.387 e. The number of benzene rings is 1. The Morgan fingerprint density at radius 3 is 2.70 bits per heavy atom. The van der Waals surface area contributed by atoms with Crippen molar-refractivity contribution in [1.82, 2.24) is 24.7 Å². The summed E-state index contributed by atoms with van der Waals surface area (Å²) in [5.74, 6) is 0.0842. The van der Waals surface area contributed by atoms with Crippen molar-refractivity contribution in [3.63, 3.8) is 0 Å². The van der Waals surface area contributed by atoms with Gasteiger partial charge in [0.15, 0.2) is 0 Å². The van der Waals surface area contributed by atoms with Crippen molar-refractivity contribution in [1.29, 1.82) is 0 Å². The van der Waals surface area contributed by atoms with E-state index in [2.05, 4.69) is 20.3 Å². The summed E-state index contributed by atoms with van der Waals surface area (Å²) in [6.07, 6.45) is 5.57. The number of hydrogen-bond donors (Lipinski definition) is 2. The number of carbonyl (C=O) groups is 1. The number of hydrogen-bond acceptors (Lipinski definition) is 7. The van der Waals surface area contributed by atoms with Gasteiger partial charge in [0, 0.05) is 54.3 Å². The van der Waals surface area contributed by atoms with Gasteiger partial charge in [-0.05, 0) is 31.5 Å². The summed E-state index contributed by atoms with van der Waals surface area (Å²) < 4.78 is 32.9. The molecule has 37 heavy (non-hydrogen) atoms. The SMILES string of the molecule is C[C@@]1(O)C[C@H](c2ccccc2OC(F)F)c2c1nc1ccc(-c3cnc(N4CCNC(=O)C4)nc3)cn21. The van der Waals surface area contributed by atoms with E-state index in [1.165, 1.54) is 6.07 Å². The van der Waals surface area contributed by atoms with Crippen molar-refractivity contribution < 1.29 is 23.4 Å². The van der Waals surface area contributed by atoms with Crippen LogP contribution in [0.1, 0.15) is 36.2 Å². The molecule has 3 aromatic heterocycles. The number of halogens is 2. The molecule has 1 amide bonds. The van der Waals surface area contributed by atoms with E-state index in [0.717, 1.165) is 16.8 Å². The number of fused-ring (bicyclic) bond motifs is 3. The smallest absolute Gasteiger partial charge is 0.387 e. The maximum atomic E-state index is 13.1. The van der Waals surface area contributed by atoms with Gasteiger partial charge in [0.1, 0.15) is 17.0 Å². The first-order valence-electron chi connectivity index (χ1n) is 11.9. The van der Waals surface area contributed by atoms with Crippen LogP contribution in [0.2, 0.25) is 0 Å². The average molecular weight is 507 g/mol. The molecule has 11 heteroatoms. The van der Waals surface area contributed by atoms with Gasteiger partial charge in [0.25, 0.3) is 0 Å². The zero-order chi connectivity index (χ0) is 25.7. The Labute approximate surface area is 210 Å². The minimum atomic E-state index is -2.96. The molecule has 0 unspecified atom stereocenters. The Morgan fingerprint density at radius 1 is 1.16 bits per heavy atom. The number of carbonyl (C=O) groups excluding carboxylic acids is 1. The van der Waals surface area contributed by atoms with E-state index in [4.69, 9.17) is 4.74 Å². The lowest BCUT2D eigenvalue weighted by atomic mass is 9.93. The third-order valence-electron chi connectivity index (χ3n) is 6.90. The van der Waals surface area contributed by atoms with Crippen LogP contribution < -0.4 is 15.0 Å². The van der Waals surface area contributed by atoms with E-state index in [-0.39, 0.29) is 24.6 Å². The molecular formula is C26H24F2N6O3. The number of pyridine rings is 1. The molecule has 1 aromatic carbocycles. The molecule has 0 saturated carbocycles. The lowest BCUT2D eigenvalue weighted by Gasteiger charge is -2.26. The lowest BCUT2D eigenvalue weighted by Crippen LogP contribution is -2.48. The van der Waals surface area contributed by atoms with Crippen LogP contribution in [0.25, 0.3) is 16.8 Å². The average Bonchev–Trinajstić information content (AvgIpc) is 3.39. The van der Waals surface area contributed by atoms with Gasteiger partial charge in [-0.3, -0.25) is 4.79 Å². The van der Waals surface area contributed by atoms with Gasteiger partial charge in [0.05, 0.1) is 17.9 Å². The quantitative estimate of drug-likeness (QED) is 0.429. The number of para-hydroxylation sites is 1. The topological polar surface area (TPSA) is 105 Å². The number of ether oxygens (including phenoxy) is 1. The van der Waals surface area contributed by atoms with Crippen LogP contribution in [-0.4, -0.2) is 56.6 Å². The maximum absolute atomic E-state index is 13.1. The molecule has 1 aliphatic carbocycles. The number of aromatic nitrogens is 4. The molecule has 0 radical (unpaired) electrons. The first kappa shape index (κ1) is 23.3. The predicted molar refractivity (Wildman–Crippen MR) is 131 cm³/mol. The highest BCUT2D eigenvalue weighted by Crippen LogP contribution is 2.49. The van der Waals surface area contributed by atoms with Gasteiger partial charge in [-0.1, -0.05) is 18.2 Å². The molecule has 0 bridgehead atoms. The van der Waals surface area contributed by atoms with Crippen LogP contribution in [0.5, 0.6) is 5.75 Å². The van der Waals surface area contributed by atoms with Crippen molar-refractivity contribution in [2.75, 3.05) is 24.5 Å². The van der Waals surface area contributed by atoms with Crippen LogP contribution in [0, 0.1) is 0 Å². The summed E-state index contributed by atoms with van der Waals surface area (Å²) in [4.78, 5) is 27.1.